The zero-order valence-corrected chi connectivity index (χ0v) is 16.3. The molecule has 0 amide bonds. The molecule has 1 aliphatic rings. The third-order valence-electron chi connectivity index (χ3n) is 4.25. The van der Waals surface area contributed by atoms with E-state index in [0.29, 0.717) is 17.0 Å². The van der Waals surface area contributed by atoms with E-state index in [1.807, 2.05) is 0 Å². The molecular weight excluding hydrogens is 384 g/mol. The minimum absolute atomic E-state index is 0.0450. The maximum Gasteiger partial charge on any atom is 0.339 e. The van der Waals surface area contributed by atoms with Gasteiger partial charge in [0.2, 0.25) is 6.79 Å². The molecule has 1 heterocycles. The van der Waals surface area contributed by atoms with E-state index >= 15 is 0 Å². The Hall–Kier alpha value is -3.69. The quantitative estimate of drug-likeness (QED) is 0.327. The van der Waals surface area contributed by atoms with E-state index in [4.69, 9.17) is 9.47 Å². The van der Waals surface area contributed by atoms with Gasteiger partial charge >= 0.3 is 17.9 Å². The second-order valence-electron chi connectivity index (χ2n) is 6.16. The molecule has 0 aliphatic carbocycles. The Morgan fingerprint density at radius 1 is 1.10 bits per heavy atom. The minimum Gasteiger partial charge on any atom is -0.466 e. The number of nitro benzene ring substituents is 1. The first-order chi connectivity index (χ1) is 13.7. The van der Waals surface area contributed by atoms with Crippen molar-refractivity contribution in [3.05, 3.63) is 62.5 Å². The summed E-state index contributed by atoms with van der Waals surface area (Å²) < 4.78 is 14.5. The van der Waals surface area contributed by atoms with Gasteiger partial charge in [0, 0.05) is 30.5 Å². The number of hydrogen-bond acceptors (Lipinski definition) is 9. The van der Waals surface area contributed by atoms with Crippen molar-refractivity contribution in [2.24, 2.45) is 0 Å². The zero-order chi connectivity index (χ0) is 21.7. The lowest BCUT2D eigenvalue weighted by atomic mass is 9.80. The molecule has 0 spiro atoms. The van der Waals surface area contributed by atoms with E-state index in [0.717, 1.165) is 6.92 Å². The molecule has 154 valence electrons. The molecule has 0 saturated heterocycles. The lowest BCUT2D eigenvalue weighted by Gasteiger charge is -2.30. The first kappa shape index (κ1) is 21.6. The SMILES string of the molecule is COC(=O)C1=C(C)NC(C)=C(C(=O)OCOC(C)=O)C1c1cccc([N+](=O)[O-])c1. The summed E-state index contributed by atoms with van der Waals surface area (Å²) in [6.07, 6.45) is 0. The van der Waals surface area contributed by atoms with Crippen molar-refractivity contribution in [2.45, 2.75) is 26.7 Å². The van der Waals surface area contributed by atoms with Crippen LogP contribution < -0.4 is 5.32 Å². The molecule has 10 nitrogen and oxygen atoms in total. The molecular formula is C19H20N2O8. The number of carbonyl (C=O) groups is 3. The monoisotopic (exact) mass is 404 g/mol. The summed E-state index contributed by atoms with van der Waals surface area (Å²) in [5.41, 5.74) is 1.11. The number of ether oxygens (including phenoxy) is 3. The van der Waals surface area contributed by atoms with E-state index in [9.17, 15) is 24.5 Å². The van der Waals surface area contributed by atoms with Gasteiger partial charge < -0.3 is 19.5 Å². The number of nitrogens with zero attached hydrogens (tertiary/aromatic N) is 1. The number of esters is 3. The Balaban J connectivity index is 2.57. The van der Waals surface area contributed by atoms with Crippen LogP contribution in [-0.2, 0) is 28.6 Å². The number of rotatable bonds is 6. The van der Waals surface area contributed by atoms with Crippen molar-refractivity contribution in [3.8, 4) is 0 Å². The van der Waals surface area contributed by atoms with Crippen LogP contribution in [-0.4, -0.2) is 36.7 Å². The highest BCUT2D eigenvalue weighted by atomic mass is 16.7. The molecule has 0 aromatic heterocycles. The van der Waals surface area contributed by atoms with Gasteiger partial charge in [-0.15, -0.1) is 0 Å². The molecule has 1 aromatic carbocycles. The number of benzene rings is 1. The predicted octanol–water partition coefficient (Wildman–Crippen LogP) is 2.07. The number of dihydropyridines is 1. The molecule has 0 bridgehead atoms. The van der Waals surface area contributed by atoms with Gasteiger partial charge in [-0.05, 0) is 19.4 Å². The van der Waals surface area contributed by atoms with Gasteiger partial charge in [-0.1, -0.05) is 12.1 Å². The van der Waals surface area contributed by atoms with Crippen LogP contribution in [0.2, 0.25) is 0 Å². The minimum atomic E-state index is -0.978. The second kappa shape index (κ2) is 9.00. The summed E-state index contributed by atoms with van der Waals surface area (Å²) in [4.78, 5) is 46.7. The van der Waals surface area contributed by atoms with Crippen LogP contribution in [0.5, 0.6) is 0 Å². The van der Waals surface area contributed by atoms with Crippen molar-refractivity contribution in [1.29, 1.82) is 0 Å². The maximum absolute atomic E-state index is 12.7. The molecule has 29 heavy (non-hydrogen) atoms. The fourth-order valence-electron chi connectivity index (χ4n) is 3.04. The summed E-state index contributed by atoms with van der Waals surface area (Å²) >= 11 is 0. The van der Waals surface area contributed by atoms with Crippen molar-refractivity contribution >= 4 is 23.6 Å². The number of nitrogens with one attached hydrogen (secondary N) is 1. The number of allylic oxidation sites excluding steroid dienone is 2. The van der Waals surface area contributed by atoms with E-state index < -0.39 is 35.5 Å². The number of nitro groups is 1. The lowest BCUT2D eigenvalue weighted by Crippen LogP contribution is -2.32. The highest BCUT2D eigenvalue weighted by Gasteiger charge is 2.38. The normalized spacial score (nSPS) is 16.1. The maximum atomic E-state index is 12.7. The molecule has 0 radical (unpaired) electrons. The van der Waals surface area contributed by atoms with Gasteiger partial charge in [-0.25, -0.2) is 9.59 Å². The molecule has 1 N–H and O–H groups in total. The number of methoxy groups -OCH3 is 1. The molecule has 2 rings (SSSR count). The molecule has 10 heteroatoms. The van der Waals surface area contributed by atoms with Gasteiger partial charge in [0.1, 0.15) is 0 Å². The summed E-state index contributed by atoms with van der Waals surface area (Å²) in [5, 5.41) is 14.1. The molecule has 0 saturated carbocycles. The van der Waals surface area contributed by atoms with Crippen LogP contribution in [0.4, 0.5) is 5.69 Å². The molecule has 1 unspecified atom stereocenters. The van der Waals surface area contributed by atoms with Crippen LogP contribution in [0.3, 0.4) is 0 Å². The lowest BCUT2D eigenvalue weighted by molar-refractivity contribution is -0.384. The van der Waals surface area contributed by atoms with Crippen LogP contribution in [0.15, 0.2) is 46.8 Å². The van der Waals surface area contributed by atoms with E-state index in [-0.39, 0.29) is 16.8 Å². The highest BCUT2D eigenvalue weighted by molar-refractivity contribution is 5.99. The summed E-state index contributed by atoms with van der Waals surface area (Å²) in [6.45, 7) is 3.78. The molecule has 1 atom stereocenters. The van der Waals surface area contributed by atoms with Crippen LogP contribution >= 0.6 is 0 Å². The Bertz CT molecular complexity index is 932. The summed E-state index contributed by atoms with van der Waals surface area (Å²) in [7, 11) is 1.19. The van der Waals surface area contributed by atoms with Crippen LogP contribution in [0.25, 0.3) is 0 Å². The largest absolute Gasteiger partial charge is 0.466 e. The van der Waals surface area contributed by atoms with E-state index in [1.54, 1.807) is 19.9 Å². The first-order valence-corrected chi connectivity index (χ1v) is 8.49. The molecule has 1 aromatic rings. The average molecular weight is 404 g/mol. The number of non-ortho nitro benzene ring substituents is 1. The van der Waals surface area contributed by atoms with Gasteiger partial charge in [0.25, 0.3) is 5.69 Å². The molecule has 0 fully saturated rings. The Morgan fingerprint density at radius 3 is 2.28 bits per heavy atom. The standard InChI is InChI=1S/C19H20N2O8/c1-10-15(18(23)27-4)17(13-6-5-7-14(8-13)21(25)26)16(11(2)20-10)19(24)29-9-28-12(3)22/h5-8,17,20H,9H2,1-4H3. The van der Waals surface area contributed by atoms with Gasteiger partial charge in [0.15, 0.2) is 0 Å². The number of hydrogen-bond donors (Lipinski definition) is 1. The predicted molar refractivity (Wildman–Crippen MR) is 99.1 cm³/mol. The van der Waals surface area contributed by atoms with Crippen molar-refractivity contribution in [3.63, 3.8) is 0 Å². The van der Waals surface area contributed by atoms with Crippen LogP contribution in [0.1, 0.15) is 32.3 Å². The topological polar surface area (TPSA) is 134 Å². The van der Waals surface area contributed by atoms with Gasteiger partial charge in [0.05, 0.1) is 29.1 Å². The van der Waals surface area contributed by atoms with Crippen LogP contribution in [0, 0.1) is 10.1 Å². The first-order valence-electron chi connectivity index (χ1n) is 8.49. The highest BCUT2D eigenvalue weighted by Crippen LogP contribution is 2.40. The second-order valence-corrected chi connectivity index (χ2v) is 6.16. The zero-order valence-electron chi connectivity index (χ0n) is 16.3. The van der Waals surface area contributed by atoms with E-state index in [2.05, 4.69) is 10.1 Å². The Morgan fingerprint density at radius 2 is 1.72 bits per heavy atom. The van der Waals surface area contributed by atoms with E-state index in [1.165, 1.54) is 25.3 Å². The average Bonchev–Trinajstić information content (AvgIpc) is 2.66. The Kier molecular flexibility index (Phi) is 6.71. The van der Waals surface area contributed by atoms with Gasteiger partial charge in [-0.3, -0.25) is 14.9 Å². The third kappa shape index (κ3) is 4.78. The smallest absolute Gasteiger partial charge is 0.339 e. The van der Waals surface area contributed by atoms with Crippen molar-refractivity contribution in [2.75, 3.05) is 13.9 Å². The Labute approximate surface area is 166 Å². The van der Waals surface area contributed by atoms with Crippen molar-refractivity contribution < 1.29 is 33.5 Å². The third-order valence-corrected chi connectivity index (χ3v) is 4.25. The van der Waals surface area contributed by atoms with Crippen molar-refractivity contribution in [1.82, 2.24) is 5.32 Å². The number of carbonyl (C=O) groups excluding carboxylic acids is 3. The summed E-state index contributed by atoms with van der Waals surface area (Å²) in [5.74, 6) is -3.16. The fourth-order valence-corrected chi connectivity index (χ4v) is 3.04. The van der Waals surface area contributed by atoms with Gasteiger partial charge in [-0.2, -0.15) is 0 Å². The molecule has 1 aliphatic heterocycles. The summed E-state index contributed by atoms with van der Waals surface area (Å²) in [6, 6.07) is 5.59. The fraction of sp³-hybridized carbons (Fsp3) is 0.316.